The van der Waals surface area contributed by atoms with Crippen LogP contribution in [0.2, 0.25) is 0 Å². The number of carboxylic acids is 1. The zero-order valence-electron chi connectivity index (χ0n) is 10.4. The van der Waals surface area contributed by atoms with E-state index in [4.69, 9.17) is 5.11 Å². The van der Waals surface area contributed by atoms with Crippen molar-refractivity contribution in [1.82, 2.24) is 5.32 Å². The molecule has 0 aromatic heterocycles. The first-order valence-electron chi connectivity index (χ1n) is 6.76. The molecule has 3 heteroatoms. The van der Waals surface area contributed by atoms with E-state index in [2.05, 4.69) is 29.6 Å². The van der Waals surface area contributed by atoms with E-state index in [0.29, 0.717) is 17.9 Å². The normalized spacial score (nSPS) is 29.7. The minimum atomic E-state index is -0.754. The first-order chi connectivity index (χ1) is 8.74. The monoisotopic (exact) mass is 245 g/mol. The van der Waals surface area contributed by atoms with Gasteiger partial charge in [-0.3, -0.25) is 4.79 Å². The van der Waals surface area contributed by atoms with Gasteiger partial charge in [0.15, 0.2) is 0 Å². The summed E-state index contributed by atoms with van der Waals surface area (Å²) in [4.78, 5) is 10.7. The summed E-state index contributed by atoms with van der Waals surface area (Å²) in [5.74, 6) is 0.465. The van der Waals surface area contributed by atoms with Gasteiger partial charge in [-0.2, -0.15) is 0 Å². The first-order valence-corrected chi connectivity index (χ1v) is 6.76. The van der Waals surface area contributed by atoms with Crippen molar-refractivity contribution in [2.75, 3.05) is 6.54 Å². The molecule has 0 amide bonds. The molecule has 3 rings (SSSR count). The van der Waals surface area contributed by atoms with E-state index >= 15 is 0 Å². The minimum Gasteiger partial charge on any atom is -0.480 e. The Bertz CT molecular complexity index is 425. The summed E-state index contributed by atoms with van der Waals surface area (Å²) in [6.45, 7) is 0.0913. The fourth-order valence-corrected chi connectivity index (χ4v) is 3.69. The third kappa shape index (κ3) is 2.15. The molecule has 0 heterocycles. The summed E-state index contributed by atoms with van der Waals surface area (Å²) in [6, 6.07) is 9.05. The van der Waals surface area contributed by atoms with Crippen LogP contribution in [0.4, 0.5) is 0 Å². The van der Waals surface area contributed by atoms with Crippen molar-refractivity contribution >= 4 is 5.97 Å². The zero-order valence-corrected chi connectivity index (χ0v) is 10.4. The fraction of sp³-hybridized carbons (Fsp3) is 0.533. The Labute approximate surface area is 107 Å². The van der Waals surface area contributed by atoms with Crippen LogP contribution in [-0.4, -0.2) is 23.7 Å². The highest BCUT2D eigenvalue weighted by Crippen LogP contribution is 2.39. The lowest BCUT2D eigenvalue weighted by atomic mass is 9.94. The summed E-state index contributed by atoms with van der Waals surface area (Å²) in [5, 5.41) is 12.1. The van der Waals surface area contributed by atoms with Crippen LogP contribution in [0.3, 0.4) is 0 Å². The van der Waals surface area contributed by atoms with Crippen molar-refractivity contribution in [3.05, 3.63) is 35.4 Å². The molecule has 1 aromatic carbocycles. The van der Waals surface area contributed by atoms with Crippen molar-refractivity contribution in [3.63, 3.8) is 0 Å². The van der Waals surface area contributed by atoms with E-state index in [-0.39, 0.29) is 6.54 Å². The number of aliphatic carboxylic acids is 1. The van der Waals surface area contributed by atoms with Gasteiger partial charge in [-0.1, -0.05) is 24.3 Å². The molecule has 2 atom stereocenters. The van der Waals surface area contributed by atoms with Gasteiger partial charge in [-0.05, 0) is 48.6 Å². The van der Waals surface area contributed by atoms with Crippen LogP contribution in [0, 0.1) is 11.8 Å². The van der Waals surface area contributed by atoms with Crippen molar-refractivity contribution in [2.45, 2.75) is 31.7 Å². The Kier molecular flexibility index (Phi) is 3.08. The molecule has 1 aromatic rings. The van der Waals surface area contributed by atoms with Gasteiger partial charge in [-0.15, -0.1) is 0 Å². The van der Waals surface area contributed by atoms with Gasteiger partial charge in [0, 0.05) is 6.04 Å². The topological polar surface area (TPSA) is 49.3 Å². The Hall–Kier alpha value is -1.35. The lowest BCUT2D eigenvalue weighted by molar-refractivity contribution is -0.136. The van der Waals surface area contributed by atoms with Crippen molar-refractivity contribution in [3.8, 4) is 0 Å². The summed E-state index contributed by atoms with van der Waals surface area (Å²) in [6.07, 6.45) is 4.67. The molecule has 2 aliphatic rings. The van der Waals surface area contributed by atoms with Gasteiger partial charge in [0.2, 0.25) is 0 Å². The Morgan fingerprint density at radius 2 is 1.72 bits per heavy atom. The van der Waals surface area contributed by atoms with E-state index in [0.717, 1.165) is 12.8 Å². The first kappa shape index (κ1) is 11.7. The molecule has 1 saturated carbocycles. The minimum absolute atomic E-state index is 0.0913. The molecule has 1 fully saturated rings. The van der Waals surface area contributed by atoms with E-state index < -0.39 is 5.97 Å². The third-order valence-electron chi connectivity index (χ3n) is 4.50. The van der Waals surface area contributed by atoms with Crippen LogP contribution in [0.1, 0.15) is 24.0 Å². The summed E-state index contributed by atoms with van der Waals surface area (Å²) in [5.41, 5.74) is 2.93. The number of hydrogen-bond donors (Lipinski definition) is 2. The Morgan fingerprint density at radius 1 is 1.17 bits per heavy atom. The molecule has 0 radical (unpaired) electrons. The van der Waals surface area contributed by atoms with Crippen LogP contribution in [0.5, 0.6) is 0 Å². The predicted octanol–water partition coefficient (Wildman–Crippen LogP) is 1.85. The predicted molar refractivity (Wildman–Crippen MR) is 69.5 cm³/mol. The molecule has 0 saturated heterocycles. The standard InChI is InChI=1S/C15H19NO2/c17-14(18)9-16-15-12-5-6-13(15)8-11-4-2-1-3-10(11)7-12/h1-4,12-13,15-16H,5-9H2,(H,17,18). The highest BCUT2D eigenvalue weighted by Gasteiger charge is 2.38. The summed E-state index contributed by atoms with van der Waals surface area (Å²) in [7, 11) is 0. The number of fused-ring (bicyclic) bond motifs is 3. The van der Waals surface area contributed by atoms with E-state index in [1.165, 1.54) is 24.0 Å². The molecule has 18 heavy (non-hydrogen) atoms. The molecular weight excluding hydrogens is 226 g/mol. The molecule has 2 N–H and O–H groups in total. The molecule has 2 aliphatic carbocycles. The molecule has 0 spiro atoms. The highest BCUT2D eigenvalue weighted by atomic mass is 16.4. The van der Waals surface area contributed by atoms with Gasteiger partial charge in [0.1, 0.15) is 0 Å². The number of rotatable bonds is 3. The number of carboxylic acid groups (broad SMARTS) is 1. The average Bonchev–Trinajstić information content (AvgIpc) is 2.62. The number of carbonyl (C=O) groups is 1. The van der Waals surface area contributed by atoms with Crippen LogP contribution in [-0.2, 0) is 17.6 Å². The van der Waals surface area contributed by atoms with Crippen molar-refractivity contribution in [1.29, 1.82) is 0 Å². The molecular formula is C15H19NO2. The van der Waals surface area contributed by atoms with Gasteiger partial charge in [0.05, 0.1) is 6.54 Å². The number of benzene rings is 1. The quantitative estimate of drug-likeness (QED) is 0.854. The molecule has 2 bridgehead atoms. The number of hydrogen-bond acceptors (Lipinski definition) is 2. The number of nitrogens with one attached hydrogen (secondary N) is 1. The van der Waals surface area contributed by atoms with E-state index in [1.54, 1.807) is 0 Å². The Balaban J connectivity index is 1.79. The third-order valence-corrected chi connectivity index (χ3v) is 4.50. The van der Waals surface area contributed by atoms with Gasteiger partial charge >= 0.3 is 5.97 Å². The molecule has 3 nitrogen and oxygen atoms in total. The van der Waals surface area contributed by atoms with Crippen LogP contribution >= 0.6 is 0 Å². The molecule has 0 aliphatic heterocycles. The lowest BCUT2D eigenvalue weighted by Crippen LogP contribution is -2.40. The van der Waals surface area contributed by atoms with Crippen LogP contribution < -0.4 is 5.32 Å². The van der Waals surface area contributed by atoms with Crippen LogP contribution in [0.25, 0.3) is 0 Å². The average molecular weight is 245 g/mol. The van der Waals surface area contributed by atoms with E-state index in [1.807, 2.05) is 0 Å². The second-order valence-corrected chi connectivity index (χ2v) is 5.57. The van der Waals surface area contributed by atoms with Crippen LogP contribution in [0.15, 0.2) is 24.3 Å². The lowest BCUT2D eigenvalue weighted by Gasteiger charge is -2.22. The van der Waals surface area contributed by atoms with Crippen molar-refractivity contribution < 1.29 is 9.90 Å². The smallest absolute Gasteiger partial charge is 0.317 e. The van der Waals surface area contributed by atoms with Crippen molar-refractivity contribution in [2.24, 2.45) is 11.8 Å². The maximum atomic E-state index is 10.7. The Morgan fingerprint density at radius 3 is 2.22 bits per heavy atom. The zero-order chi connectivity index (χ0) is 12.5. The van der Waals surface area contributed by atoms with Gasteiger partial charge in [0.25, 0.3) is 0 Å². The van der Waals surface area contributed by atoms with Gasteiger partial charge < -0.3 is 10.4 Å². The highest BCUT2D eigenvalue weighted by molar-refractivity contribution is 5.69. The van der Waals surface area contributed by atoms with E-state index in [9.17, 15) is 4.79 Å². The second-order valence-electron chi connectivity index (χ2n) is 5.57. The molecule has 2 unspecified atom stereocenters. The summed E-state index contributed by atoms with van der Waals surface area (Å²) < 4.78 is 0. The summed E-state index contributed by atoms with van der Waals surface area (Å²) >= 11 is 0. The molecule has 96 valence electrons. The van der Waals surface area contributed by atoms with Gasteiger partial charge in [-0.25, -0.2) is 0 Å². The second kappa shape index (κ2) is 4.73. The maximum Gasteiger partial charge on any atom is 0.317 e. The largest absolute Gasteiger partial charge is 0.480 e. The SMILES string of the molecule is O=C(O)CNC1C2CCC1Cc1ccccc1C2. The maximum absolute atomic E-state index is 10.7. The fourth-order valence-electron chi connectivity index (χ4n) is 3.69.